The van der Waals surface area contributed by atoms with Crippen LogP contribution in [0.4, 0.5) is 0 Å². The molecule has 0 aliphatic heterocycles. The van der Waals surface area contributed by atoms with Crippen molar-refractivity contribution in [1.82, 2.24) is 5.16 Å². The van der Waals surface area contributed by atoms with Gasteiger partial charge >= 0.3 is 0 Å². The minimum atomic E-state index is 0. The van der Waals surface area contributed by atoms with E-state index >= 15 is 0 Å². The Balaban J connectivity index is 0.000000490. The monoisotopic (exact) mass is 134 g/mol. The average Bonchev–Trinajstić information content (AvgIpc) is 2.14. The first-order valence-corrected chi connectivity index (χ1v) is 2.03. The molecule has 0 aromatic carbocycles. The lowest BCUT2D eigenvalue weighted by atomic mass is 10.5. The average molecular weight is 135 g/mol. The van der Waals surface area contributed by atoms with Crippen molar-refractivity contribution in [2.45, 2.75) is 6.54 Å². The predicted octanol–water partition coefficient (Wildman–Crippen LogP) is 0.555. The van der Waals surface area contributed by atoms with E-state index in [2.05, 4.69) is 9.68 Å². The summed E-state index contributed by atoms with van der Waals surface area (Å²) >= 11 is 0. The van der Waals surface area contributed by atoms with Gasteiger partial charge in [-0.2, -0.15) is 0 Å². The summed E-state index contributed by atoms with van der Waals surface area (Å²) in [7, 11) is 0. The Morgan fingerprint density at radius 3 is 2.75 bits per heavy atom. The van der Waals surface area contributed by atoms with Gasteiger partial charge in [-0.1, -0.05) is 5.16 Å². The molecule has 0 saturated heterocycles. The zero-order valence-electron chi connectivity index (χ0n) is 4.20. The van der Waals surface area contributed by atoms with Crippen LogP contribution in [0.1, 0.15) is 5.69 Å². The Hall–Kier alpha value is -0.540. The van der Waals surface area contributed by atoms with Gasteiger partial charge in [0.05, 0.1) is 5.69 Å². The van der Waals surface area contributed by atoms with Gasteiger partial charge < -0.3 is 10.3 Å². The van der Waals surface area contributed by atoms with E-state index in [0.717, 1.165) is 5.69 Å². The van der Waals surface area contributed by atoms with Crippen LogP contribution in [0.5, 0.6) is 0 Å². The largest absolute Gasteiger partial charge is 0.364 e. The van der Waals surface area contributed by atoms with Crippen molar-refractivity contribution in [1.29, 1.82) is 0 Å². The van der Waals surface area contributed by atoms with Crippen molar-refractivity contribution < 1.29 is 4.52 Å². The first-order chi connectivity index (χ1) is 3.43. The van der Waals surface area contributed by atoms with Crippen molar-refractivity contribution in [3.8, 4) is 0 Å². The maximum Gasteiger partial charge on any atom is 0.124 e. The van der Waals surface area contributed by atoms with Crippen LogP contribution in [0.3, 0.4) is 0 Å². The second kappa shape index (κ2) is 3.46. The maximum absolute atomic E-state index is 5.17. The molecule has 0 aliphatic rings. The predicted molar refractivity (Wildman–Crippen MR) is 31.6 cm³/mol. The SMILES string of the molecule is Cl.NCc1ccon1. The summed E-state index contributed by atoms with van der Waals surface area (Å²) in [6.45, 7) is 0.455. The summed E-state index contributed by atoms with van der Waals surface area (Å²) in [5.41, 5.74) is 5.96. The molecule has 1 aromatic rings. The zero-order valence-corrected chi connectivity index (χ0v) is 5.02. The molecule has 0 radical (unpaired) electrons. The fourth-order valence-electron chi connectivity index (χ4n) is 0.343. The number of nitrogens with zero attached hydrogens (tertiary/aromatic N) is 1. The standard InChI is InChI=1S/C4H6N2O.ClH/c5-3-4-1-2-7-6-4;/h1-2H,3,5H2;1H. The Bertz CT molecular complexity index is 129. The third kappa shape index (κ3) is 1.52. The molecule has 4 heteroatoms. The lowest BCUT2D eigenvalue weighted by Gasteiger charge is -1.76. The van der Waals surface area contributed by atoms with Crippen LogP contribution in [0.25, 0.3) is 0 Å². The molecule has 0 unspecified atom stereocenters. The van der Waals surface area contributed by atoms with Gasteiger partial charge in [-0.3, -0.25) is 0 Å². The van der Waals surface area contributed by atoms with E-state index in [1.54, 1.807) is 6.07 Å². The highest BCUT2D eigenvalue weighted by atomic mass is 35.5. The smallest absolute Gasteiger partial charge is 0.124 e. The molecule has 0 bridgehead atoms. The lowest BCUT2D eigenvalue weighted by molar-refractivity contribution is 0.412. The van der Waals surface area contributed by atoms with Gasteiger partial charge in [-0.25, -0.2) is 0 Å². The quantitative estimate of drug-likeness (QED) is 0.611. The number of nitrogens with two attached hydrogens (primary N) is 1. The number of halogens is 1. The normalized spacial score (nSPS) is 8.12. The minimum Gasteiger partial charge on any atom is -0.364 e. The van der Waals surface area contributed by atoms with E-state index in [0.29, 0.717) is 6.54 Å². The molecule has 2 N–H and O–H groups in total. The molecular weight excluding hydrogens is 128 g/mol. The fraction of sp³-hybridized carbons (Fsp3) is 0.250. The Morgan fingerprint density at radius 2 is 2.50 bits per heavy atom. The number of aromatic nitrogens is 1. The molecule has 0 amide bonds. The van der Waals surface area contributed by atoms with E-state index in [1.165, 1.54) is 6.26 Å². The number of hydrogen-bond acceptors (Lipinski definition) is 3. The maximum atomic E-state index is 5.17. The van der Waals surface area contributed by atoms with E-state index in [9.17, 15) is 0 Å². The minimum absolute atomic E-state index is 0. The van der Waals surface area contributed by atoms with E-state index in [4.69, 9.17) is 5.73 Å². The highest BCUT2D eigenvalue weighted by Gasteiger charge is 1.86. The van der Waals surface area contributed by atoms with Crippen LogP contribution in [0, 0.1) is 0 Å². The molecule has 0 atom stereocenters. The van der Waals surface area contributed by atoms with Gasteiger partial charge in [-0.05, 0) is 0 Å². The second-order valence-corrected chi connectivity index (χ2v) is 1.19. The summed E-state index contributed by atoms with van der Waals surface area (Å²) in [5.74, 6) is 0. The molecule has 0 aliphatic carbocycles. The molecule has 1 heterocycles. The molecule has 0 fully saturated rings. The molecule has 3 nitrogen and oxygen atoms in total. The highest BCUT2D eigenvalue weighted by Crippen LogP contribution is 1.88. The van der Waals surface area contributed by atoms with E-state index < -0.39 is 0 Å². The first kappa shape index (κ1) is 7.46. The van der Waals surface area contributed by atoms with Crippen molar-refractivity contribution in [3.63, 3.8) is 0 Å². The summed E-state index contributed by atoms with van der Waals surface area (Å²) in [6, 6.07) is 1.74. The summed E-state index contributed by atoms with van der Waals surface area (Å²) in [6.07, 6.45) is 1.50. The molecule has 0 spiro atoms. The van der Waals surface area contributed by atoms with E-state index in [1.807, 2.05) is 0 Å². The number of rotatable bonds is 1. The first-order valence-electron chi connectivity index (χ1n) is 2.03. The van der Waals surface area contributed by atoms with Crippen molar-refractivity contribution in [2.24, 2.45) is 5.73 Å². The van der Waals surface area contributed by atoms with Gasteiger partial charge in [0.15, 0.2) is 0 Å². The summed E-state index contributed by atoms with van der Waals surface area (Å²) in [4.78, 5) is 0. The van der Waals surface area contributed by atoms with Crippen LogP contribution < -0.4 is 5.73 Å². The van der Waals surface area contributed by atoms with Crippen LogP contribution >= 0.6 is 12.4 Å². The van der Waals surface area contributed by atoms with Crippen LogP contribution in [0.15, 0.2) is 16.9 Å². The third-order valence-electron chi connectivity index (χ3n) is 0.700. The third-order valence-corrected chi connectivity index (χ3v) is 0.700. The van der Waals surface area contributed by atoms with Gasteiger partial charge in [0.1, 0.15) is 6.26 Å². The van der Waals surface area contributed by atoms with Gasteiger partial charge in [0, 0.05) is 12.6 Å². The Kier molecular flexibility index (Phi) is 3.23. The van der Waals surface area contributed by atoms with Crippen molar-refractivity contribution in [3.05, 3.63) is 18.0 Å². The molecule has 0 saturated carbocycles. The van der Waals surface area contributed by atoms with Gasteiger partial charge in [0.25, 0.3) is 0 Å². The second-order valence-electron chi connectivity index (χ2n) is 1.19. The van der Waals surface area contributed by atoms with Crippen molar-refractivity contribution >= 4 is 12.4 Å². The lowest BCUT2D eigenvalue weighted by Crippen LogP contribution is -1.94. The molecule has 8 heavy (non-hydrogen) atoms. The summed E-state index contributed by atoms with van der Waals surface area (Å²) < 4.78 is 4.48. The number of hydrogen-bond donors (Lipinski definition) is 1. The highest BCUT2D eigenvalue weighted by molar-refractivity contribution is 5.85. The Labute approximate surface area is 53.3 Å². The topological polar surface area (TPSA) is 52.0 Å². The van der Waals surface area contributed by atoms with Gasteiger partial charge in [-0.15, -0.1) is 12.4 Å². The Morgan fingerprint density at radius 1 is 1.75 bits per heavy atom. The van der Waals surface area contributed by atoms with Crippen LogP contribution in [-0.4, -0.2) is 5.16 Å². The van der Waals surface area contributed by atoms with Gasteiger partial charge in [0.2, 0.25) is 0 Å². The molecule has 1 aromatic heterocycles. The molecular formula is C4H7ClN2O. The van der Waals surface area contributed by atoms with Crippen LogP contribution in [-0.2, 0) is 6.54 Å². The van der Waals surface area contributed by atoms with Crippen molar-refractivity contribution in [2.75, 3.05) is 0 Å². The molecule has 1 rings (SSSR count). The van der Waals surface area contributed by atoms with Crippen LogP contribution in [0.2, 0.25) is 0 Å². The fourth-order valence-corrected chi connectivity index (χ4v) is 0.343. The van der Waals surface area contributed by atoms with E-state index in [-0.39, 0.29) is 12.4 Å². The zero-order chi connectivity index (χ0) is 5.11. The molecule has 46 valence electrons. The summed E-state index contributed by atoms with van der Waals surface area (Å²) in [5, 5.41) is 3.53.